The van der Waals surface area contributed by atoms with Gasteiger partial charge in [0.05, 0.1) is 0 Å². The van der Waals surface area contributed by atoms with Crippen LogP contribution in [0.2, 0.25) is 0 Å². The number of ketones is 1. The van der Waals surface area contributed by atoms with Crippen molar-refractivity contribution >= 4 is 11.8 Å². The number of hydrogen-bond donors (Lipinski definition) is 0. The molecule has 0 spiro atoms. The van der Waals surface area contributed by atoms with E-state index in [0.717, 1.165) is 6.42 Å². The molecule has 1 aliphatic rings. The van der Waals surface area contributed by atoms with Crippen LogP contribution in [0.1, 0.15) is 39.5 Å². The largest absolute Gasteiger partial charge is 0.431 e. The molecule has 0 radical (unpaired) electrons. The Bertz CT molecular complexity index is 263. The zero-order valence-electron chi connectivity index (χ0n) is 8.05. The second kappa shape index (κ2) is 4.21. The minimum absolute atomic E-state index is 0.102. The van der Waals surface area contributed by atoms with E-state index in [1.165, 1.54) is 0 Å². The molecule has 0 bridgehead atoms. The van der Waals surface area contributed by atoms with Gasteiger partial charge in [0, 0.05) is 24.8 Å². The number of carbonyl (C=O) groups excluding carboxylic acids is 2. The molecule has 0 saturated carbocycles. The van der Waals surface area contributed by atoms with Crippen molar-refractivity contribution in [3.63, 3.8) is 0 Å². The minimum atomic E-state index is -0.260. The quantitative estimate of drug-likeness (QED) is 0.613. The standard InChI is InChI=1S/C10H14O3/c1-3-10(12)13-9-6-4-5-8(11)7(9)2/h3-6H2,1-2H3. The molecule has 3 heteroatoms. The number of esters is 1. The van der Waals surface area contributed by atoms with E-state index in [-0.39, 0.29) is 11.8 Å². The van der Waals surface area contributed by atoms with E-state index < -0.39 is 0 Å². The average molecular weight is 182 g/mol. The first-order valence-corrected chi connectivity index (χ1v) is 4.58. The molecule has 0 amide bonds. The molecule has 0 fully saturated rings. The maximum atomic E-state index is 11.2. The Morgan fingerprint density at radius 1 is 1.46 bits per heavy atom. The van der Waals surface area contributed by atoms with Crippen molar-refractivity contribution in [2.75, 3.05) is 0 Å². The Kier molecular flexibility index (Phi) is 3.23. The molecule has 72 valence electrons. The lowest BCUT2D eigenvalue weighted by molar-refractivity contribution is -0.139. The Balaban J connectivity index is 2.71. The smallest absolute Gasteiger partial charge is 0.310 e. The highest BCUT2D eigenvalue weighted by Gasteiger charge is 2.19. The average Bonchev–Trinajstić information content (AvgIpc) is 2.13. The van der Waals surface area contributed by atoms with E-state index in [1.807, 2.05) is 0 Å². The van der Waals surface area contributed by atoms with Gasteiger partial charge in [-0.25, -0.2) is 0 Å². The van der Waals surface area contributed by atoms with Gasteiger partial charge in [-0.05, 0) is 13.3 Å². The van der Waals surface area contributed by atoms with E-state index in [2.05, 4.69) is 0 Å². The van der Waals surface area contributed by atoms with E-state index in [9.17, 15) is 9.59 Å². The zero-order valence-corrected chi connectivity index (χ0v) is 8.05. The molecular weight excluding hydrogens is 168 g/mol. The Morgan fingerprint density at radius 2 is 2.15 bits per heavy atom. The normalized spacial score (nSPS) is 17.5. The molecule has 1 rings (SSSR count). The van der Waals surface area contributed by atoms with Crippen molar-refractivity contribution < 1.29 is 14.3 Å². The van der Waals surface area contributed by atoms with Crippen molar-refractivity contribution in [1.29, 1.82) is 0 Å². The molecule has 3 nitrogen and oxygen atoms in total. The maximum absolute atomic E-state index is 11.2. The predicted octanol–water partition coefficient (Wildman–Crippen LogP) is 1.97. The number of hydrogen-bond acceptors (Lipinski definition) is 3. The fraction of sp³-hybridized carbons (Fsp3) is 0.600. The summed E-state index contributed by atoms with van der Waals surface area (Å²) in [5.41, 5.74) is 0.619. The van der Waals surface area contributed by atoms with Crippen molar-refractivity contribution in [2.24, 2.45) is 0 Å². The summed E-state index contributed by atoms with van der Waals surface area (Å²) < 4.78 is 5.04. The first-order chi connectivity index (χ1) is 6.15. The molecule has 0 atom stereocenters. The molecule has 13 heavy (non-hydrogen) atoms. The van der Waals surface area contributed by atoms with Gasteiger partial charge in [-0.1, -0.05) is 6.92 Å². The highest BCUT2D eigenvalue weighted by Crippen LogP contribution is 2.22. The Labute approximate surface area is 77.8 Å². The summed E-state index contributed by atoms with van der Waals surface area (Å²) in [6.07, 6.45) is 2.44. The van der Waals surface area contributed by atoms with Gasteiger partial charge < -0.3 is 4.74 Å². The van der Waals surface area contributed by atoms with Crippen LogP contribution < -0.4 is 0 Å². The maximum Gasteiger partial charge on any atom is 0.310 e. The number of rotatable bonds is 2. The molecule has 0 aromatic carbocycles. The van der Waals surface area contributed by atoms with Gasteiger partial charge in [0.25, 0.3) is 0 Å². The van der Waals surface area contributed by atoms with Crippen LogP contribution in [0, 0.1) is 0 Å². The zero-order chi connectivity index (χ0) is 9.84. The Hall–Kier alpha value is -1.12. The van der Waals surface area contributed by atoms with Gasteiger partial charge in [0.2, 0.25) is 0 Å². The van der Waals surface area contributed by atoms with Gasteiger partial charge in [-0.2, -0.15) is 0 Å². The monoisotopic (exact) mass is 182 g/mol. The number of allylic oxidation sites excluding steroid dienone is 2. The van der Waals surface area contributed by atoms with Crippen LogP contribution in [0.5, 0.6) is 0 Å². The topological polar surface area (TPSA) is 43.4 Å². The van der Waals surface area contributed by atoms with Gasteiger partial charge in [0.1, 0.15) is 5.76 Å². The van der Waals surface area contributed by atoms with Crippen molar-refractivity contribution in [1.82, 2.24) is 0 Å². The van der Waals surface area contributed by atoms with Crippen molar-refractivity contribution in [3.8, 4) is 0 Å². The van der Waals surface area contributed by atoms with E-state index in [0.29, 0.717) is 30.6 Å². The van der Waals surface area contributed by atoms with Crippen LogP contribution in [-0.4, -0.2) is 11.8 Å². The molecule has 1 aliphatic carbocycles. The van der Waals surface area contributed by atoms with Gasteiger partial charge in [-0.15, -0.1) is 0 Å². The van der Waals surface area contributed by atoms with Gasteiger partial charge in [-0.3, -0.25) is 9.59 Å². The fourth-order valence-electron chi connectivity index (χ4n) is 1.28. The molecule has 0 unspecified atom stereocenters. The SMILES string of the molecule is CCC(=O)OC1=C(C)C(=O)CCC1. The molecule has 0 N–H and O–H groups in total. The highest BCUT2D eigenvalue weighted by molar-refractivity contribution is 5.96. The van der Waals surface area contributed by atoms with Crippen molar-refractivity contribution in [2.45, 2.75) is 39.5 Å². The predicted molar refractivity (Wildman–Crippen MR) is 47.9 cm³/mol. The lowest BCUT2D eigenvalue weighted by atomic mass is 9.98. The van der Waals surface area contributed by atoms with Crippen LogP contribution in [0.15, 0.2) is 11.3 Å². The summed E-state index contributed by atoms with van der Waals surface area (Å²) in [5.74, 6) is 0.414. The molecule has 0 aliphatic heterocycles. The summed E-state index contributed by atoms with van der Waals surface area (Å²) in [7, 11) is 0. The van der Waals surface area contributed by atoms with Crippen LogP contribution >= 0.6 is 0 Å². The molecule has 0 aromatic heterocycles. The number of ether oxygens (including phenoxy) is 1. The first-order valence-electron chi connectivity index (χ1n) is 4.58. The van der Waals surface area contributed by atoms with Crippen LogP contribution in [0.25, 0.3) is 0 Å². The van der Waals surface area contributed by atoms with E-state index in [1.54, 1.807) is 13.8 Å². The van der Waals surface area contributed by atoms with Crippen LogP contribution in [0.4, 0.5) is 0 Å². The number of Topliss-reactive ketones (excluding diaryl/α,β-unsaturated/α-hetero) is 1. The van der Waals surface area contributed by atoms with Crippen LogP contribution in [0.3, 0.4) is 0 Å². The van der Waals surface area contributed by atoms with Crippen LogP contribution in [-0.2, 0) is 14.3 Å². The first kappa shape index (κ1) is 9.96. The van der Waals surface area contributed by atoms with Crippen molar-refractivity contribution in [3.05, 3.63) is 11.3 Å². The summed E-state index contributed by atoms with van der Waals surface area (Å²) in [5, 5.41) is 0. The summed E-state index contributed by atoms with van der Waals surface area (Å²) in [6, 6.07) is 0. The number of carbonyl (C=O) groups is 2. The highest BCUT2D eigenvalue weighted by atomic mass is 16.5. The lowest BCUT2D eigenvalue weighted by Gasteiger charge is -2.15. The minimum Gasteiger partial charge on any atom is -0.431 e. The van der Waals surface area contributed by atoms with E-state index >= 15 is 0 Å². The third kappa shape index (κ3) is 2.41. The third-order valence-corrected chi connectivity index (χ3v) is 2.17. The molecule has 0 heterocycles. The molecular formula is C10H14O3. The second-order valence-corrected chi connectivity index (χ2v) is 3.15. The molecule has 0 aromatic rings. The van der Waals surface area contributed by atoms with Gasteiger partial charge in [0.15, 0.2) is 5.78 Å². The second-order valence-electron chi connectivity index (χ2n) is 3.15. The molecule has 0 saturated heterocycles. The Morgan fingerprint density at radius 3 is 2.77 bits per heavy atom. The van der Waals surface area contributed by atoms with E-state index in [4.69, 9.17) is 4.74 Å². The lowest BCUT2D eigenvalue weighted by Crippen LogP contribution is -2.13. The summed E-state index contributed by atoms with van der Waals surface area (Å²) in [6.45, 7) is 3.46. The van der Waals surface area contributed by atoms with Gasteiger partial charge >= 0.3 is 5.97 Å². The third-order valence-electron chi connectivity index (χ3n) is 2.17. The summed E-state index contributed by atoms with van der Waals surface area (Å²) in [4.78, 5) is 22.2. The fourth-order valence-corrected chi connectivity index (χ4v) is 1.28. The summed E-state index contributed by atoms with van der Waals surface area (Å²) >= 11 is 0.